The maximum atomic E-state index is 14.5. The van der Waals surface area contributed by atoms with Crippen LogP contribution in [0.4, 0.5) is 4.39 Å². The van der Waals surface area contributed by atoms with Crippen LogP contribution in [0.25, 0.3) is 21.8 Å². The number of rotatable bonds is 4. The Bertz CT molecular complexity index is 1310. The molecule has 1 heterocycles. The molecule has 0 radical (unpaired) electrons. The number of nitrogens with one attached hydrogen (secondary N) is 1. The number of aromatic nitrogens is 1. The molecule has 0 amide bonds. The molecule has 0 spiro atoms. The molecule has 4 rings (SSSR count). The van der Waals surface area contributed by atoms with Crippen LogP contribution in [-0.2, 0) is 6.54 Å². The highest BCUT2D eigenvalue weighted by Crippen LogP contribution is 2.31. The van der Waals surface area contributed by atoms with Crippen LogP contribution in [-0.4, -0.2) is 21.5 Å². The van der Waals surface area contributed by atoms with Crippen molar-refractivity contribution in [2.24, 2.45) is 16.2 Å². The van der Waals surface area contributed by atoms with Crippen LogP contribution < -0.4 is 5.84 Å². The number of nitrogens with two attached hydrogens (primary N) is 1. The summed E-state index contributed by atoms with van der Waals surface area (Å²) in [5.41, 5.74) is 2.60. The molecule has 0 bridgehead atoms. The fraction of sp³-hybridized carbons (Fsp3) is 0.0476. The quantitative estimate of drug-likeness (QED) is 0.158. The fourth-order valence-corrected chi connectivity index (χ4v) is 3.47. The number of hydrogen-bond acceptors (Lipinski definition) is 3. The van der Waals surface area contributed by atoms with E-state index < -0.39 is 11.8 Å². The molecule has 144 valence electrons. The molecule has 29 heavy (non-hydrogen) atoms. The number of amidine groups is 1. The SMILES string of the molecule is N=C(N=NN)c1ccc2c(c1)c1ccccc1n2Cc1ccc(C(=O)O)cc1F. The molecular formula is C21H16FN5O2. The van der Waals surface area contributed by atoms with Gasteiger partial charge >= 0.3 is 5.97 Å². The van der Waals surface area contributed by atoms with Crippen molar-refractivity contribution in [2.45, 2.75) is 6.54 Å². The number of para-hydroxylation sites is 1. The minimum absolute atomic E-state index is 0.0541. The van der Waals surface area contributed by atoms with Gasteiger partial charge in [-0.25, -0.2) is 9.18 Å². The van der Waals surface area contributed by atoms with Crippen LogP contribution in [0.1, 0.15) is 21.5 Å². The second-order valence-corrected chi connectivity index (χ2v) is 6.51. The molecule has 0 fully saturated rings. The number of halogens is 1. The zero-order valence-electron chi connectivity index (χ0n) is 15.1. The highest BCUT2D eigenvalue weighted by Gasteiger charge is 2.15. The van der Waals surface area contributed by atoms with Crippen LogP contribution in [0.15, 0.2) is 71.0 Å². The number of aromatic carboxylic acids is 1. The predicted octanol–water partition coefficient (Wildman–Crippen LogP) is 4.33. The van der Waals surface area contributed by atoms with Crippen molar-refractivity contribution in [3.8, 4) is 0 Å². The van der Waals surface area contributed by atoms with Crippen LogP contribution >= 0.6 is 0 Å². The summed E-state index contributed by atoms with van der Waals surface area (Å²) in [5.74, 6) is 3.25. The monoisotopic (exact) mass is 389 g/mol. The molecule has 3 aromatic carbocycles. The van der Waals surface area contributed by atoms with Crippen molar-refractivity contribution in [3.63, 3.8) is 0 Å². The fourth-order valence-electron chi connectivity index (χ4n) is 3.47. The van der Waals surface area contributed by atoms with E-state index in [1.807, 2.05) is 41.0 Å². The molecule has 4 N–H and O–H groups in total. The molecule has 4 aromatic rings. The van der Waals surface area contributed by atoms with Crippen molar-refractivity contribution in [3.05, 3.63) is 83.2 Å². The standard InChI is InChI=1S/C21H16FN5O2/c22-17-10-13(21(28)29)5-6-14(17)11-27-18-4-2-1-3-15(18)16-9-12(7-8-19(16)27)20(23)25-26-24/h1-10H,11H2,(H,28,29)(H3,23,24,25). The third-order valence-electron chi connectivity index (χ3n) is 4.83. The van der Waals surface area contributed by atoms with Crippen LogP contribution in [0, 0.1) is 11.2 Å². The van der Waals surface area contributed by atoms with E-state index in [2.05, 4.69) is 10.3 Å². The molecule has 0 aliphatic rings. The molecule has 0 unspecified atom stereocenters. The first-order chi connectivity index (χ1) is 14.0. The number of fused-ring (bicyclic) bond motifs is 3. The van der Waals surface area contributed by atoms with E-state index >= 15 is 0 Å². The van der Waals surface area contributed by atoms with Gasteiger partial charge in [-0.3, -0.25) is 5.41 Å². The highest BCUT2D eigenvalue weighted by atomic mass is 19.1. The number of carbonyl (C=O) groups is 1. The number of benzene rings is 3. The Balaban J connectivity index is 1.88. The lowest BCUT2D eigenvalue weighted by Gasteiger charge is -2.10. The summed E-state index contributed by atoms with van der Waals surface area (Å²) in [6.45, 7) is 0.231. The first-order valence-electron chi connectivity index (χ1n) is 8.72. The van der Waals surface area contributed by atoms with Crippen LogP contribution in [0.5, 0.6) is 0 Å². The largest absolute Gasteiger partial charge is 0.478 e. The summed E-state index contributed by atoms with van der Waals surface area (Å²) in [6.07, 6.45) is 0. The summed E-state index contributed by atoms with van der Waals surface area (Å²) in [5, 5.41) is 25.5. The Morgan fingerprint density at radius 2 is 1.76 bits per heavy atom. The van der Waals surface area contributed by atoms with E-state index in [1.54, 1.807) is 6.07 Å². The van der Waals surface area contributed by atoms with E-state index in [9.17, 15) is 9.18 Å². The van der Waals surface area contributed by atoms with Gasteiger partial charge in [0, 0.05) is 32.9 Å². The average molecular weight is 389 g/mol. The Morgan fingerprint density at radius 3 is 2.48 bits per heavy atom. The molecule has 7 nitrogen and oxygen atoms in total. The van der Waals surface area contributed by atoms with Gasteiger partial charge in [-0.15, -0.1) is 5.11 Å². The lowest BCUT2D eigenvalue weighted by atomic mass is 10.1. The molecule has 0 atom stereocenters. The van der Waals surface area contributed by atoms with E-state index in [-0.39, 0.29) is 17.9 Å². The lowest BCUT2D eigenvalue weighted by Crippen LogP contribution is -2.04. The van der Waals surface area contributed by atoms with Gasteiger partial charge in [-0.2, -0.15) is 0 Å². The average Bonchev–Trinajstić information content (AvgIpc) is 3.03. The maximum absolute atomic E-state index is 14.5. The van der Waals surface area contributed by atoms with Gasteiger partial charge in [0.05, 0.1) is 12.1 Å². The van der Waals surface area contributed by atoms with Gasteiger partial charge < -0.3 is 15.5 Å². The normalized spacial score (nSPS) is 11.5. The first kappa shape index (κ1) is 18.3. The van der Waals surface area contributed by atoms with E-state index in [1.165, 1.54) is 12.1 Å². The number of carboxylic acids is 1. The molecule has 0 saturated heterocycles. The van der Waals surface area contributed by atoms with Crippen LogP contribution in [0.3, 0.4) is 0 Å². The van der Waals surface area contributed by atoms with Gasteiger partial charge in [0.2, 0.25) is 0 Å². The van der Waals surface area contributed by atoms with Gasteiger partial charge in [0.15, 0.2) is 5.84 Å². The first-order valence-corrected chi connectivity index (χ1v) is 8.72. The van der Waals surface area contributed by atoms with Crippen LogP contribution in [0.2, 0.25) is 0 Å². The Hall–Kier alpha value is -4.07. The predicted molar refractivity (Wildman–Crippen MR) is 108 cm³/mol. The Labute approximate surface area is 164 Å². The molecule has 0 saturated carbocycles. The minimum Gasteiger partial charge on any atom is -0.478 e. The third-order valence-corrected chi connectivity index (χ3v) is 4.83. The number of nitrogens with zero attached hydrogens (tertiary/aromatic N) is 3. The Kier molecular flexibility index (Phi) is 4.52. The molecule has 0 aliphatic heterocycles. The van der Waals surface area contributed by atoms with Gasteiger partial charge in [-0.1, -0.05) is 29.5 Å². The summed E-state index contributed by atoms with van der Waals surface area (Å²) in [7, 11) is 0. The Morgan fingerprint density at radius 1 is 1.03 bits per heavy atom. The lowest BCUT2D eigenvalue weighted by molar-refractivity contribution is 0.0696. The van der Waals surface area contributed by atoms with Crippen molar-refractivity contribution in [1.82, 2.24) is 4.57 Å². The topological polar surface area (TPSA) is 117 Å². The maximum Gasteiger partial charge on any atom is 0.335 e. The summed E-state index contributed by atoms with van der Waals surface area (Å²) in [6, 6.07) is 17.0. The van der Waals surface area contributed by atoms with Crippen molar-refractivity contribution in [1.29, 1.82) is 5.41 Å². The zero-order chi connectivity index (χ0) is 20.5. The van der Waals surface area contributed by atoms with Gasteiger partial charge in [0.25, 0.3) is 0 Å². The minimum atomic E-state index is -1.17. The van der Waals surface area contributed by atoms with Gasteiger partial charge in [-0.05, 0) is 36.4 Å². The number of carboxylic acid groups (broad SMARTS) is 1. The number of hydrogen-bond donors (Lipinski definition) is 3. The highest BCUT2D eigenvalue weighted by molar-refractivity contribution is 6.11. The smallest absolute Gasteiger partial charge is 0.335 e. The molecular weight excluding hydrogens is 373 g/mol. The van der Waals surface area contributed by atoms with Crippen molar-refractivity contribution in [2.75, 3.05) is 0 Å². The molecule has 1 aromatic heterocycles. The van der Waals surface area contributed by atoms with Crippen molar-refractivity contribution >= 4 is 33.6 Å². The summed E-state index contributed by atoms with van der Waals surface area (Å²) in [4.78, 5) is 11.1. The molecule has 0 aliphatic carbocycles. The second kappa shape index (κ2) is 7.16. The second-order valence-electron chi connectivity index (χ2n) is 6.51. The van der Waals surface area contributed by atoms with Gasteiger partial charge in [0.1, 0.15) is 5.82 Å². The zero-order valence-corrected chi connectivity index (χ0v) is 15.1. The van der Waals surface area contributed by atoms with E-state index in [0.29, 0.717) is 11.1 Å². The van der Waals surface area contributed by atoms with Crippen molar-refractivity contribution < 1.29 is 14.3 Å². The summed E-state index contributed by atoms with van der Waals surface area (Å²) < 4.78 is 16.5. The summed E-state index contributed by atoms with van der Waals surface area (Å²) >= 11 is 0. The van der Waals surface area contributed by atoms with E-state index in [4.69, 9.17) is 16.4 Å². The molecule has 8 heteroatoms. The third kappa shape index (κ3) is 3.20. The van der Waals surface area contributed by atoms with E-state index in [0.717, 1.165) is 27.9 Å².